The zero-order valence-electron chi connectivity index (χ0n) is 23.2. The Bertz CT molecular complexity index is 2460. The number of thiophene rings is 1. The van der Waals surface area contributed by atoms with Crippen LogP contribution in [0.3, 0.4) is 0 Å². The molecular formula is C40H25NOS. The van der Waals surface area contributed by atoms with Crippen LogP contribution in [0, 0.1) is 0 Å². The van der Waals surface area contributed by atoms with Crippen LogP contribution in [0.5, 0.6) is 0 Å². The smallest absolute Gasteiger partial charge is 0.160 e. The zero-order valence-corrected chi connectivity index (χ0v) is 24.0. The molecule has 0 saturated heterocycles. The number of anilines is 3. The van der Waals surface area contributed by atoms with E-state index in [-0.39, 0.29) is 0 Å². The summed E-state index contributed by atoms with van der Waals surface area (Å²) in [6.45, 7) is 0. The second-order valence-electron chi connectivity index (χ2n) is 10.9. The van der Waals surface area contributed by atoms with Crippen molar-refractivity contribution in [2.75, 3.05) is 4.90 Å². The van der Waals surface area contributed by atoms with E-state index in [0.717, 1.165) is 39.0 Å². The van der Waals surface area contributed by atoms with Gasteiger partial charge in [-0.1, -0.05) is 115 Å². The van der Waals surface area contributed by atoms with Crippen molar-refractivity contribution in [1.82, 2.24) is 0 Å². The van der Waals surface area contributed by atoms with E-state index in [1.165, 1.54) is 42.1 Å². The van der Waals surface area contributed by atoms with Crippen LogP contribution in [-0.4, -0.2) is 0 Å². The third-order valence-corrected chi connectivity index (χ3v) is 9.59. The molecule has 0 radical (unpaired) electrons. The molecule has 0 spiro atoms. The number of furan rings is 1. The van der Waals surface area contributed by atoms with Crippen molar-refractivity contribution in [1.29, 1.82) is 0 Å². The summed E-state index contributed by atoms with van der Waals surface area (Å²) < 4.78 is 9.35. The van der Waals surface area contributed by atoms with E-state index < -0.39 is 0 Å². The van der Waals surface area contributed by atoms with Gasteiger partial charge in [-0.2, -0.15) is 0 Å². The summed E-state index contributed by atoms with van der Waals surface area (Å²) in [4.78, 5) is 2.38. The van der Waals surface area contributed by atoms with Crippen molar-refractivity contribution < 1.29 is 4.42 Å². The first-order valence-corrected chi connectivity index (χ1v) is 15.3. The van der Waals surface area contributed by atoms with Gasteiger partial charge in [0.05, 0.1) is 11.4 Å². The molecule has 9 aromatic rings. The van der Waals surface area contributed by atoms with Crippen molar-refractivity contribution in [3.63, 3.8) is 0 Å². The van der Waals surface area contributed by atoms with E-state index >= 15 is 0 Å². The Morgan fingerprint density at radius 1 is 0.488 bits per heavy atom. The fourth-order valence-electron chi connectivity index (χ4n) is 6.51. The number of hydrogen-bond donors (Lipinski definition) is 0. The minimum atomic E-state index is 0.881. The summed E-state index contributed by atoms with van der Waals surface area (Å²) in [6.07, 6.45) is 0. The lowest BCUT2D eigenvalue weighted by Gasteiger charge is -2.27. The Balaban J connectivity index is 1.38. The quantitative estimate of drug-likeness (QED) is 0.210. The van der Waals surface area contributed by atoms with Crippen molar-refractivity contribution >= 4 is 81.3 Å². The van der Waals surface area contributed by atoms with Crippen molar-refractivity contribution in [3.8, 4) is 11.1 Å². The first kappa shape index (κ1) is 24.2. The Morgan fingerprint density at radius 2 is 1.21 bits per heavy atom. The van der Waals surface area contributed by atoms with Crippen LogP contribution in [-0.2, 0) is 0 Å². The molecule has 0 unspecified atom stereocenters. The number of benzene rings is 7. The number of hydrogen-bond acceptors (Lipinski definition) is 3. The highest BCUT2D eigenvalue weighted by molar-refractivity contribution is 7.25. The van der Waals surface area contributed by atoms with Gasteiger partial charge in [-0.3, -0.25) is 0 Å². The predicted molar refractivity (Wildman–Crippen MR) is 184 cm³/mol. The van der Waals surface area contributed by atoms with Gasteiger partial charge in [-0.15, -0.1) is 11.3 Å². The Kier molecular flexibility index (Phi) is 5.40. The van der Waals surface area contributed by atoms with Gasteiger partial charge in [-0.25, -0.2) is 0 Å². The van der Waals surface area contributed by atoms with E-state index in [1.807, 2.05) is 17.4 Å². The molecule has 0 N–H and O–H groups in total. The lowest BCUT2D eigenvalue weighted by Crippen LogP contribution is -2.11. The number of nitrogens with zero attached hydrogens (tertiary/aromatic N) is 1. The molecule has 0 aliphatic carbocycles. The normalized spacial score (nSPS) is 11.7. The van der Waals surface area contributed by atoms with Gasteiger partial charge >= 0.3 is 0 Å². The summed E-state index contributed by atoms with van der Waals surface area (Å²) in [5, 5.41) is 7.24. The molecule has 3 heteroatoms. The molecule has 0 saturated carbocycles. The largest absolute Gasteiger partial charge is 0.454 e. The summed E-state index contributed by atoms with van der Waals surface area (Å²) in [5.74, 6) is 0. The van der Waals surface area contributed by atoms with Gasteiger partial charge in [0.15, 0.2) is 5.58 Å². The maximum atomic E-state index is 6.78. The highest BCUT2D eigenvalue weighted by Crippen LogP contribution is 2.48. The maximum absolute atomic E-state index is 6.78. The summed E-state index contributed by atoms with van der Waals surface area (Å²) in [7, 11) is 0. The summed E-state index contributed by atoms with van der Waals surface area (Å²) >= 11 is 1.84. The Hall–Kier alpha value is -5.38. The van der Waals surface area contributed by atoms with Gasteiger partial charge in [0.1, 0.15) is 5.58 Å². The van der Waals surface area contributed by atoms with Gasteiger partial charge in [0.25, 0.3) is 0 Å². The van der Waals surface area contributed by atoms with Gasteiger partial charge < -0.3 is 9.32 Å². The molecule has 2 heterocycles. The van der Waals surface area contributed by atoms with Crippen LogP contribution in [0.2, 0.25) is 0 Å². The second kappa shape index (κ2) is 9.59. The number of fused-ring (bicyclic) bond motifs is 7. The fraction of sp³-hybridized carbons (Fsp3) is 0. The van der Waals surface area contributed by atoms with Crippen molar-refractivity contribution in [2.24, 2.45) is 0 Å². The molecule has 2 aromatic heterocycles. The number of rotatable bonds is 4. The molecule has 2 nitrogen and oxygen atoms in total. The molecule has 0 amide bonds. The third kappa shape index (κ3) is 3.79. The third-order valence-electron chi connectivity index (χ3n) is 8.46. The van der Waals surface area contributed by atoms with Crippen LogP contribution < -0.4 is 4.90 Å². The summed E-state index contributed by atoms with van der Waals surface area (Å²) in [6, 6.07) is 54.2. The average molecular weight is 568 g/mol. The van der Waals surface area contributed by atoms with E-state index in [2.05, 4.69) is 150 Å². The molecule has 0 aliphatic rings. The fourth-order valence-corrected chi connectivity index (χ4v) is 7.65. The molecule has 0 aliphatic heterocycles. The van der Waals surface area contributed by atoms with Gasteiger partial charge in [0, 0.05) is 42.0 Å². The van der Waals surface area contributed by atoms with Gasteiger partial charge in [0.2, 0.25) is 0 Å². The predicted octanol–water partition coefficient (Wildman–Crippen LogP) is 12.2. The van der Waals surface area contributed by atoms with E-state index in [9.17, 15) is 0 Å². The average Bonchev–Trinajstić information content (AvgIpc) is 3.64. The molecule has 0 fully saturated rings. The van der Waals surface area contributed by atoms with Crippen molar-refractivity contribution in [3.05, 3.63) is 152 Å². The Morgan fingerprint density at radius 3 is 2.12 bits per heavy atom. The van der Waals surface area contributed by atoms with Crippen LogP contribution in [0.4, 0.5) is 17.1 Å². The van der Waals surface area contributed by atoms with Gasteiger partial charge in [-0.05, 0) is 52.9 Å². The number of para-hydroxylation sites is 1. The molecule has 43 heavy (non-hydrogen) atoms. The maximum Gasteiger partial charge on any atom is 0.160 e. The first-order chi connectivity index (χ1) is 21.3. The lowest BCUT2D eigenvalue weighted by atomic mass is 9.98. The SMILES string of the molecule is c1ccc(-c2ccc(N(c3ccc4c(c3)sc3ccccc34)c3cccc4ccccc34)c3oc4ccccc4c23)cc1. The van der Waals surface area contributed by atoms with Crippen LogP contribution in [0.15, 0.2) is 156 Å². The van der Waals surface area contributed by atoms with E-state index in [4.69, 9.17) is 4.42 Å². The van der Waals surface area contributed by atoms with Crippen LogP contribution >= 0.6 is 11.3 Å². The molecule has 7 aromatic carbocycles. The summed E-state index contributed by atoms with van der Waals surface area (Å²) in [5.41, 5.74) is 7.35. The molecule has 0 bridgehead atoms. The first-order valence-electron chi connectivity index (χ1n) is 14.5. The minimum Gasteiger partial charge on any atom is -0.454 e. The standard InChI is InChI=1S/C40H25NOS/c1-2-11-27(12-3-1)30-23-24-35(40-39(30)33-17-6-8-19-36(33)42-40)41(34-18-10-14-26-13-4-5-15-29(26)34)28-21-22-32-31-16-7-9-20-37(31)43-38(32)25-28/h1-25H. The van der Waals surface area contributed by atoms with Crippen molar-refractivity contribution in [2.45, 2.75) is 0 Å². The second-order valence-corrected chi connectivity index (χ2v) is 12.0. The zero-order chi connectivity index (χ0) is 28.3. The molecule has 9 rings (SSSR count). The molecular weight excluding hydrogens is 543 g/mol. The monoisotopic (exact) mass is 567 g/mol. The Labute approximate surface area is 252 Å². The van der Waals surface area contributed by atoms with Crippen LogP contribution in [0.1, 0.15) is 0 Å². The highest BCUT2D eigenvalue weighted by Gasteiger charge is 2.23. The van der Waals surface area contributed by atoms with E-state index in [0.29, 0.717) is 0 Å². The molecule has 202 valence electrons. The van der Waals surface area contributed by atoms with Crippen LogP contribution in [0.25, 0.3) is 64.0 Å². The molecule has 0 atom stereocenters. The lowest BCUT2D eigenvalue weighted by molar-refractivity contribution is 0.669. The highest BCUT2D eigenvalue weighted by atomic mass is 32.1. The topological polar surface area (TPSA) is 16.4 Å². The van der Waals surface area contributed by atoms with E-state index in [1.54, 1.807) is 0 Å². The minimum absolute atomic E-state index is 0.881.